The van der Waals surface area contributed by atoms with Crippen molar-refractivity contribution in [2.45, 2.75) is 20.8 Å². The topological polar surface area (TPSA) is 38.7 Å². The fourth-order valence-corrected chi connectivity index (χ4v) is 2.64. The largest absolute Gasteiger partial charge is 0.208 e. The number of rotatable bonds is 3. The molecule has 0 unspecified atom stereocenters. The molecule has 0 bridgehead atoms. The molecule has 0 spiro atoms. The zero-order valence-corrected chi connectivity index (χ0v) is 15.9. The van der Waals surface area contributed by atoms with Gasteiger partial charge in [0.25, 0.3) is 0 Å². The Morgan fingerprint density at radius 3 is 1.15 bits per heavy atom. The van der Waals surface area contributed by atoms with Crippen molar-refractivity contribution in [2.75, 3.05) is 0 Å². The first kappa shape index (κ1) is 18.5. The molecule has 3 aromatic carbocycles. The molecule has 1 aromatic heterocycles. The van der Waals surface area contributed by atoms with Crippen LogP contribution in [0.4, 0.5) is 0 Å². The van der Waals surface area contributed by atoms with E-state index in [1.54, 1.807) is 0 Å². The second-order valence-electron chi connectivity index (χ2n) is 5.90. The average Bonchev–Trinajstić information content (AvgIpc) is 2.76. The van der Waals surface area contributed by atoms with Crippen molar-refractivity contribution >= 4 is 0 Å². The summed E-state index contributed by atoms with van der Waals surface area (Å²) in [5, 5.41) is 0. The lowest BCUT2D eigenvalue weighted by molar-refractivity contribution is 1.07. The smallest absolute Gasteiger partial charge is 0.164 e. The first-order valence-corrected chi connectivity index (χ1v) is 9.23. The molecule has 3 nitrogen and oxygen atoms in total. The Labute approximate surface area is 160 Å². The van der Waals surface area contributed by atoms with Crippen molar-refractivity contribution in [2.24, 2.45) is 0 Å². The van der Waals surface area contributed by atoms with Gasteiger partial charge in [0.15, 0.2) is 17.5 Å². The lowest BCUT2D eigenvalue weighted by atomic mass is 10.1. The van der Waals surface area contributed by atoms with Crippen molar-refractivity contribution < 1.29 is 0 Å². The molecule has 3 heteroatoms. The van der Waals surface area contributed by atoms with E-state index in [1.807, 2.05) is 86.6 Å². The van der Waals surface area contributed by atoms with Gasteiger partial charge in [0.05, 0.1) is 0 Å². The lowest BCUT2D eigenvalue weighted by Crippen LogP contribution is -2.00. The normalized spacial score (nSPS) is 10.0. The van der Waals surface area contributed by atoms with E-state index < -0.39 is 0 Å². The number of aromatic nitrogens is 3. The molecule has 0 amide bonds. The van der Waals surface area contributed by atoms with E-state index in [1.165, 1.54) is 5.56 Å². The summed E-state index contributed by atoms with van der Waals surface area (Å²) in [6, 6.07) is 28.3. The maximum Gasteiger partial charge on any atom is 0.164 e. The highest BCUT2D eigenvalue weighted by Crippen LogP contribution is 2.24. The molecular formula is C24H23N3. The SMILES string of the molecule is CC.Cc1ccc(-c2nc(-c3ccccc3)nc(-c3ccccc3)n2)cc1. The Bertz CT molecular complexity index is 921. The first-order valence-electron chi connectivity index (χ1n) is 9.23. The van der Waals surface area contributed by atoms with Crippen LogP contribution in [0.1, 0.15) is 19.4 Å². The quantitative estimate of drug-likeness (QED) is 0.440. The van der Waals surface area contributed by atoms with E-state index in [-0.39, 0.29) is 0 Å². The Kier molecular flexibility index (Phi) is 6.06. The van der Waals surface area contributed by atoms with Crippen LogP contribution in [0.3, 0.4) is 0 Å². The zero-order chi connectivity index (χ0) is 19.1. The van der Waals surface area contributed by atoms with Gasteiger partial charge < -0.3 is 0 Å². The molecule has 4 rings (SSSR count). The third-order valence-electron chi connectivity index (χ3n) is 4.01. The van der Waals surface area contributed by atoms with E-state index in [9.17, 15) is 0 Å². The van der Waals surface area contributed by atoms with Crippen LogP contribution in [0.5, 0.6) is 0 Å². The van der Waals surface area contributed by atoms with Crippen LogP contribution in [-0.2, 0) is 0 Å². The Morgan fingerprint density at radius 1 is 0.444 bits per heavy atom. The van der Waals surface area contributed by atoms with Gasteiger partial charge in [-0.3, -0.25) is 0 Å². The third kappa shape index (κ3) is 4.45. The minimum absolute atomic E-state index is 0.685. The highest BCUT2D eigenvalue weighted by molar-refractivity contribution is 5.66. The van der Waals surface area contributed by atoms with Crippen molar-refractivity contribution in [3.8, 4) is 34.2 Å². The minimum atomic E-state index is 0.685. The summed E-state index contributed by atoms with van der Waals surface area (Å²) in [5.74, 6) is 2.06. The summed E-state index contributed by atoms with van der Waals surface area (Å²) >= 11 is 0. The second-order valence-corrected chi connectivity index (χ2v) is 5.90. The lowest BCUT2D eigenvalue weighted by Gasteiger charge is -2.08. The molecule has 0 atom stereocenters. The third-order valence-corrected chi connectivity index (χ3v) is 4.01. The molecule has 27 heavy (non-hydrogen) atoms. The number of aryl methyl sites for hydroxylation is 1. The van der Waals surface area contributed by atoms with Gasteiger partial charge in [-0.15, -0.1) is 0 Å². The molecule has 0 aliphatic heterocycles. The van der Waals surface area contributed by atoms with Crippen molar-refractivity contribution in [1.29, 1.82) is 0 Å². The molecule has 134 valence electrons. The highest BCUT2D eigenvalue weighted by Gasteiger charge is 2.11. The molecule has 1 heterocycles. The molecule has 0 radical (unpaired) electrons. The maximum atomic E-state index is 4.71. The van der Waals surface area contributed by atoms with Gasteiger partial charge in [0.1, 0.15) is 0 Å². The van der Waals surface area contributed by atoms with Gasteiger partial charge >= 0.3 is 0 Å². The van der Waals surface area contributed by atoms with E-state index in [4.69, 9.17) is 15.0 Å². The van der Waals surface area contributed by atoms with Crippen LogP contribution in [-0.4, -0.2) is 15.0 Å². The van der Waals surface area contributed by atoms with Crippen molar-refractivity contribution in [3.63, 3.8) is 0 Å². The Hall–Kier alpha value is -3.33. The molecule has 4 aromatic rings. The fourth-order valence-electron chi connectivity index (χ4n) is 2.64. The van der Waals surface area contributed by atoms with E-state index in [2.05, 4.69) is 19.1 Å². The number of nitrogens with zero attached hydrogens (tertiary/aromatic N) is 3. The van der Waals surface area contributed by atoms with Crippen LogP contribution in [0.2, 0.25) is 0 Å². The van der Waals surface area contributed by atoms with Gasteiger partial charge in [0.2, 0.25) is 0 Å². The molecule has 0 N–H and O–H groups in total. The summed E-state index contributed by atoms with van der Waals surface area (Å²) in [5.41, 5.74) is 4.16. The maximum absolute atomic E-state index is 4.71. The molecule has 0 aliphatic rings. The van der Waals surface area contributed by atoms with E-state index in [0.29, 0.717) is 17.5 Å². The average molecular weight is 353 g/mol. The summed E-state index contributed by atoms with van der Waals surface area (Å²) in [6.45, 7) is 6.07. The monoisotopic (exact) mass is 353 g/mol. The Balaban J connectivity index is 0.00000102. The predicted molar refractivity (Wildman–Crippen MR) is 112 cm³/mol. The first-order chi connectivity index (χ1) is 13.3. The summed E-state index contributed by atoms with van der Waals surface area (Å²) in [7, 11) is 0. The van der Waals surface area contributed by atoms with E-state index in [0.717, 1.165) is 16.7 Å². The number of hydrogen-bond donors (Lipinski definition) is 0. The predicted octanol–water partition coefficient (Wildman–Crippen LogP) is 6.21. The summed E-state index contributed by atoms with van der Waals surface area (Å²) in [4.78, 5) is 14.1. The minimum Gasteiger partial charge on any atom is -0.208 e. The zero-order valence-electron chi connectivity index (χ0n) is 15.9. The van der Waals surface area contributed by atoms with Crippen LogP contribution in [0, 0.1) is 6.92 Å². The van der Waals surface area contributed by atoms with Crippen molar-refractivity contribution in [1.82, 2.24) is 15.0 Å². The standard InChI is InChI=1S/C22H17N3.C2H6/c1-16-12-14-19(15-13-16)22-24-20(17-8-4-2-5-9-17)23-21(25-22)18-10-6-3-7-11-18;1-2/h2-15H,1H3;1-2H3. The van der Waals surface area contributed by atoms with Crippen LogP contribution in [0.25, 0.3) is 34.2 Å². The Morgan fingerprint density at radius 2 is 0.778 bits per heavy atom. The van der Waals surface area contributed by atoms with Crippen LogP contribution >= 0.6 is 0 Å². The second kappa shape index (κ2) is 8.86. The van der Waals surface area contributed by atoms with Gasteiger partial charge in [-0.2, -0.15) is 0 Å². The highest BCUT2D eigenvalue weighted by atomic mass is 15.0. The number of hydrogen-bond acceptors (Lipinski definition) is 3. The fraction of sp³-hybridized carbons (Fsp3) is 0.125. The van der Waals surface area contributed by atoms with E-state index >= 15 is 0 Å². The molecular weight excluding hydrogens is 330 g/mol. The molecule has 0 aliphatic carbocycles. The van der Waals surface area contributed by atoms with Gasteiger partial charge in [-0.25, -0.2) is 15.0 Å². The van der Waals surface area contributed by atoms with Gasteiger partial charge in [0, 0.05) is 16.7 Å². The molecule has 0 saturated heterocycles. The summed E-state index contributed by atoms with van der Waals surface area (Å²) < 4.78 is 0. The van der Waals surface area contributed by atoms with Gasteiger partial charge in [-0.05, 0) is 6.92 Å². The number of benzene rings is 3. The van der Waals surface area contributed by atoms with Crippen LogP contribution < -0.4 is 0 Å². The van der Waals surface area contributed by atoms with Crippen LogP contribution in [0.15, 0.2) is 84.9 Å². The van der Waals surface area contributed by atoms with Crippen molar-refractivity contribution in [3.05, 3.63) is 90.5 Å². The molecule has 0 saturated carbocycles. The summed E-state index contributed by atoms with van der Waals surface area (Å²) in [6.07, 6.45) is 0. The molecule has 0 fully saturated rings. The van der Waals surface area contributed by atoms with Gasteiger partial charge in [-0.1, -0.05) is 104 Å².